The summed E-state index contributed by atoms with van der Waals surface area (Å²) in [5.74, 6) is 1.50. The van der Waals surface area contributed by atoms with E-state index in [1.807, 2.05) is 32.3 Å². The number of aromatic amines is 1. The zero-order chi connectivity index (χ0) is 26.5. The van der Waals surface area contributed by atoms with Crippen molar-refractivity contribution in [3.05, 3.63) is 48.3 Å². The molecular weight excluding hydrogens is 476 g/mol. The van der Waals surface area contributed by atoms with Gasteiger partial charge < -0.3 is 19.0 Å². The van der Waals surface area contributed by atoms with E-state index in [4.69, 9.17) is 24.1 Å². The minimum atomic E-state index is 0.603. The number of nitrogens with zero attached hydrogens (tertiary/aromatic N) is 5. The Labute approximate surface area is 224 Å². The van der Waals surface area contributed by atoms with Crippen molar-refractivity contribution in [2.75, 3.05) is 44.3 Å². The maximum Gasteiger partial charge on any atom is 0.229 e. The second kappa shape index (κ2) is 11.9. The van der Waals surface area contributed by atoms with Gasteiger partial charge in [0.1, 0.15) is 5.52 Å². The molecule has 1 saturated heterocycles. The zero-order valence-electron chi connectivity index (χ0n) is 23.0. The standard InChI is InChI=1S/C28H32N6O2.C2H6/c1-3-5-11-33(4-2)18-19-16-22-24-25(36-28(22)30-17-19)27(34-12-14-35-15-13-34)32-26(31-24)21-7-6-8-23-20(21)9-10-29-23;1-2/h6-10,16-17,29H,3-5,11-15,18H2,1-2H3;1-2H3. The number of morpholine rings is 1. The zero-order valence-corrected chi connectivity index (χ0v) is 23.0. The van der Waals surface area contributed by atoms with E-state index in [9.17, 15) is 0 Å². The summed E-state index contributed by atoms with van der Waals surface area (Å²) in [5.41, 5.74) is 5.35. The van der Waals surface area contributed by atoms with Gasteiger partial charge in [0.2, 0.25) is 5.71 Å². The molecule has 0 spiro atoms. The molecule has 1 N–H and O–H groups in total. The maximum atomic E-state index is 6.31. The predicted molar refractivity (Wildman–Crippen MR) is 155 cm³/mol. The van der Waals surface area contributed by atoms with E-state index in [1.165, 1.54) is 18.4 Å². The van der Waals surface area contributed by atoms with Crippen molar-refractivity contribution < 1.29 is 9.15 Å². The Morgan fingerprint density at radius 3 is 2.68 bits per heavy atom. The third-order valence-electron chi connectivity index (χ3n) is 7.04. The number of benzene rings is 1. The number of furan rings is 1. The monoisotopic (exact) mass is 514 g/mol. The van der Waals surface area contributed by atoms with Gasteiger partial charge in [-0.15, -0.1) is 0 Å². The molecule has 0 atom stereocenters. The van der Waals surface area contributed by atoms with Gasteiger partial charge in [0.25, 0.3) is 0 Å². The normalized spacial score (nSPS) is 14.0. The van der Waals surface area contributed by atoms with Gasteiger partial charge in [0, 0.05) is 48.5 Å². The summed E-state index contributed by atoms with van der Waals surface area (Å²) in [6.45, 7) is 14.3. The Morgan fingerprint density at radius 2 is 1.89 bits per heavy atom. The van der Waals surface area contributed by atoms with E-state index in [-0.39, 0.29) is 0 Å². The second-order valence-corrected chi connectivity index (χ2v) is 9.41. The van der Waals surface area contributed by atoms with Crippen molar-refractivity contribution in [3.8, 4) is 11.4 Å². The summed E-state index contributed by atoms with van der Waals surface area (Å²) in [6, 6.07) is 10.5. The van der Waals surface area contributed by atoms with E-state index >= 15 is 0 Å². The largest absolute Gasteiger partial charge is 0.432 e. The first-order chi connectivity index (χ1) is 18.7. The summed E-state index contributed by atoms with van der Waals surface area (Å²) in [4.78, 5) is 22.8. The molecule has 1 aliphatic rings. The lowest BCUT2D eigenvalue weighted by atomic mass is 10.1. The number of nitrogens with one attached hydrogen (secondary N) is 1. The highest BCUT2D eigenvalue weighted by Crippen LogP contribution is 2.36. The summed E-state index contributed by atoms with van der Waals surface area (Å²) < 4.78 is 11.9. The summed E-state index contributed by atoms with van der Waals surface area (Å²) in [7, 11) is 0. The lowest BCUT2D eigenvalue weighted by molar-refractivity contribution is 0.122. The molecule has 1 aliphatic heterocycles. The molecule has 1 fully saturated rings. The van der Waals surface area contributed by atoms with Crippen LogP contribution in [0.3, 0.4) is 0 Å². The molecule has 5 aromatic rings. The molecule has 38 heavy (non-hydrogen) atoms. The third kappa shape index (κ3) is 5.11. The molecule has 0 aliphatic carbocycles. The number of aromatic nitrogens is 4. The minimum absolute atomic E-state index is 0.603. The highest BCUT2D eigenvalue weighted by molar-refractivity contribution is 6.06. The number of fused-ring (bicyclic) bond motifs is 4. The van der Waals surface area contributed by atoms with Crippen LogP contribution in [0.5, 0.6) is 0 Å². The fourth-order valence-electron chi connectivity index (χ4n) is 5.02. The number of rotatable bonds is 8. The molecule has 0 amide bonds. The van der Waals surface area contributed by atoms with Crippen LogP contribution in [0.25, 0.3) is 44.5 Å². The van der Waals surface area contributed by atoms with Crippen molar-refractivity contribution in [1.29, 1.82) is 0 Å². The average Bonchev–Trinajstić information content (AvgIpc) is 3.61. The highest BCUT2D eigenvalue weighted by Gasteiger charge is 2.24. The van der Waals surface area contributed by atoms with Crippen LogP contribution in [-0.4, -0.2) is 64.2 Å². The first-order valence-electron chi connectivity index (χ1n) is 14.0. The van der Waals surface area contributed by atoms with Crippen LogP contribution in [-0.2, 0) is 11.3 Å². The number of H-pyrrole nitrogens is 1. The molecule has 5 heterocycles. The van der Waals surface area contributed by atoms with E-state index in [1.54, 1.807) is 0 Å². The summed E-state index contributed by atoms with van der Waals surface area (Å²) in [6.07, 6.45) is 6.28. The predicted octanol–water partition coefficient (Wildman–Crippen LogP) is 6.40. The summed E-state index contributed by atoms with van der Waals surface area (Å²) >= 11 is 0. The molecule has 8 heteroatoms. The molecule has 8 nitrogen and oxygen atoms in total. The molecular formula is C30H38N6O2. The molecule has 6 rings (SSSR count). The van der Waals surface area contributed by atoms with Crippen LogP contribution >= 0.6 is 0 Å². The molecule has 200 valence electrons. The van der Waals surface area contributed by atoms with Gasteiger partial charge in [-0.1, -0.05) is 46.2 Å². The first kappa shape index (κ1) is 26.1. The van der Waals surface area contributed by atoms with Gasteiger partial charge in [0.15, 0.2) is 17.2 Å². The third-order valence-corrected chi connectivity index (χ3v) is 7.04. The van der Waals surface area contributed by atoms with Crippen molar-refractivity contribution in [2.24, 2.45) is 0 Å². The number of unbranched alkanes of at least 4 members (excludes halogenated alkanes) is 1. The first-order valence-corrected chi connectivity index (χ1v) is 14.0. The molecule has 0 radical (unpaired) electrons. The van der Waals surface area contributed by atoms with E-state index in [2.05, 4.69) is 52.9 Å². The van der Waals surface area contributed by atoms with Crippen LogP contribution in [0.2, 0.25) is 0 Å². The minimum Gasteiger partial charge on any atom is -0.432 e. The number of anilines is 1. The lowest BCUT2D eigenvalue weighted by Gasteiger charge is -2.27. The van der Waals surface area contributed by atoms with Crippen LogP contribution in [0.15, 0.2) is 47.1 Å². The molecule has 4 aromatic heterocycles. The highest BCUT2D eigenvalue weighted by atomic mass is 16.5. The van der Waals surface area contributed by atoms with Gasteiger partial charge in [-0.05, 0) is 43.3 Å². The van der Waals surface area contributed by atoms with Gasteiger partial charge >= 0.3 is 0 Å². The Kier molecular flexibility index (Phi) is 8.20. The molecule has 1 aromatic carbocycles. The Morgan fingerprint density at radius 1 is 1.05 bits per heavy atom. The number of ether oxygens (including phenoxy) is 1. The second-order valence-electron chi connectivity index (χ2n) is 9.41. The Bertz CT molecular complexity index is 1500. The number of hydrogen-bond acceptors (Lipinski definition) is 7. The number of hydrogen-bond donors (Lipinski definition) is 1. The quantitative estimate of drug-likeness (QED) is 0.256. The Hall–Kier alpha value is -3.49. The Balaban J connectivity index is 0.00000144. The van der Waals surface area contributed by atoms with Crippen molar-refractivity contribution in [3.63, 3.8) is 0 Å². The fraction of sp³-hybridized carbons (Fsp3) is 0.433. The SMILES string of the molecule is CC.CCCCN(CC)Cc1cnc2oc3c(N4CCOCC4)nc(-c4cccc5[nH]ccc45)nc3c2c1. The van der Waals surface area contributed by atoms with Crippen LogP contribution in [0, 0.1) is 0 Å². The van der Waals surface area contributed by atoms with Gasteiger partial charge in [-0.3, -0.25) is 4.90 Å². The van der Waals surface area contributed by atoms with Crippen molar-refractivity contribution in [2.45, 2.75) is 47.1 Å². The van der Waals surface area contributed by atoms with E-state index < -0.39 is 0 Å². The smallest absolute Gasteiger partial charge is 0.229 e. The van der Waals surface area contributed by atoms with Crippen LogP contribution in [0.1, 0.15) is 46.1 Å². The van der Waals surface area contributed by atoms with Crippen LogP contribution < -0.4 is 4.90 Å². The topological polar surface area (TPSA) is 83.3 Å². The molecule has 0 bridgehead atoms. The van der Waals surface area contributed by atoms with Gasteiger partial charge in [-0.25, -0.2) is 15.0 Å². The van der Waals surface area contributed by atoms with Crippen LogP contribution in [0.4, 0.5) is 5.82 Å². The van der Waals surface area contributed by atoms with Gasteiger partial charge in [0.05, 0.1) is 18.6 Å². The van der Waals surface area contributed by atoms with Crippen molar-refractivity contribution >= 4 is 38.9 Å². The van der Waals surface area contributed by atoms with Crippen molar-refractivity contribution in [1.82, 2.24) is 24.8 Å². The fourth-order valence-corrected chi connectivity index (χ4v) is 5.02. The van der Waals surface area contributed by atoms with E-state index in [0.29, 0.717) is 30.3 Å². The lowest BCUT2D eigenvalue weighted by Crippen LogP contribution is -2.37. The maximum absolute atomic E-state index is 6.31. The molecule has 0 unspecified atom stereocenters. The van der Waals surface area contributed by atoms with Gasteiger partial charge in [-0.2, -0.15) is 0 Å². The molecule has 0 saturated carbocycles. The number of pyridine rings is 1. The summed E-state index contributed by atoms with van der Waals surface area (Å²) in [5, 5.41) is 2.04. The average molecular weight is 515 g/mol. The van der Waals surface area contributed by atoms with E-state index in [0.717, 1.165) is 65.9 Å².